The van der Waals surface area contributed by atoms with E-state index in [2.05, 4.69) is 5.32 Å². The summed E-state index contributed by atoms with van der Waals surface area (Å²) in [7, 11) is 0. The van der Waals surface area contributed by atoms with Gasteiger partial charge in [-0.25, -0.2) is 0 Å². The molecule has 88 valence electrons. The molecule has 1 heterocycles. The molecule has 2 fully saturated rings. The van der Waals surface area contributed by atoms with Gasteiger partial charge in [0.2, 0.25) is 0 Å². The van der Waals surface area contributed by atoms with Crippen molar-refractivity contribution in [2.24, 2.45) is 5.92 Å². The third-order valence-electron chi connectivity index (χ3n) is 3.19. The summed E-state index contributed by atoms with van der Waals surface area (Å²) >= 11 is 0. The van der Waals surface area contributed by atoms with Crippen molar-refractivity contribution in [3.8, 4) is 0 Å². The average molecular weight is 213 g/mol. The molecule has 1 saturated heterocycles. The SMILES string of the molecule is C1COC(CNCCOCCC2CC2)C1. The highest BCUT2D eigenvalue weighted by atomic mass is 16.5. The van der Waals surface area contributed by atoms with Gasteiger partial charge in [-0.15, -0.1) is 0 Å². The monoisotopic (exact) mass is 213 g/mol. The molecule has 0 aromatic carbocycles. The van der Waals surface area contributed by atoms with Crippen molar-refractivity contribution < 1.29 is 9.47 Å². The molecule has 1 aliphatic carbocycles. The van der Waals surface area contributed by atoms with Crippen molar-refractivity contribution in [2.75, 3.05) is 32.9 Å². The minimum absolute atomic E-state index is 0.455. The molecule has 0 amide bonds. The van der Waals surface area contributed by atoms with E-state index >= 15 is 0 Å². The maximum Gasteiger partial charge on any atom is 0.0700 e. The Bertz CT molecular complexity index is 165. The molecule has 1 atom stereocenters. The molecule has 1 saturated carbocycles. The van der Waals surface area contributed by atoms with Crippen molar-refractivity contribution >= 4 is 0 Å². The van der Waals surface area contributed by atoms with Gasteiger partial charge in [-0.1, -0.05) is 12.8 Å². The van der Waals surface area contributed by atoms with Crippen LogP contribution >= 0.6 is 0 Å². The fourth-order valence-electron chi connectivity index (χ4n) is 1.97. The second-order valence-electron chi connectivity index (χ2n) is 4.68. The van der Waals surface area contributed by atoms with Crippen molar-refractivity contribution in [2.45, 2.75) is 38.2 Å². The number of nitrogens with one attached hydrogen (secondary N) is 1. The van der Waals surface area contributed by atoms with Crippen LogP contribution in [0.3, 0.4) is 0 Å². The molecule has 1 N–H and O–H groups in total. The van der Waals surface area contributed by atoms with E-state index < -0.39 is 0 Å². The van der Waals surface area contributed by atoms with Gasteiger partial charge in [0.1, 0.15) is 0 Å². The lowest BCUT2D eigenvalue weighted by Gasteiger charge is -2.10. The van der Waals surface area contributed by atoms with Gasteiger partial charge >= 0.3 is 0 Å². The van der Waals surface area contributed by atoms with Crippen LogP contribution in [0.5, 0.6) is 0 Å². The normalized spacial score (nSPS) is 26.0. The number of rotatable bonds is 8. The summed E-state index contributed by atoms with van der Waals surface area (Å²) in [5, 5.41) is 3.38. The highest BCUT2D eigenvalue weighted by Gasteiger charge is 2.20. The molecule has 2 aliphatic rings. The van der Waals surface area contributed by atoms with Crippen LogP contribution < -0.4 is 5.32 Å². The van der Waals surface area contributed by atoms with Gasteiger partial charge < -0.3 is 14.8 Å². The molecule has 1 unspecified atom stereocenters. The molecule has 0 aromatic heterocycles. The molecule has 2 rings (SSSR count). The highest BCUT2D eigenvalue weighted by molar-refractivity contribution is 4.72. The summed E-state index contributed by atoms with van der Waals surface area (Å²) < 4.78 is 11.1. The average Bonchev–Trinajstić information content (AvgIpc) is 2.92. The van der Waals surface area contributed by atoms with Crippen LogP contribution in [0.15, 0.2) is 0 Å². The van der Waals surface area contributed by atoms with Crippen molar-refractivity contribution in [3.63, 3.8) is 0 Å². The van der Waals surface area contributed by atoms with Gasteiger partial charge in [-0.2, -0.15) is 0 Å². The Morgan fingerprint density at radius 3 is 2.87 bits per heavy atom. The first-order valence-corrected chi connectivity index (χ1v) is 6.35. The Balaban J connectivity index is 1.32. The lowest BCUT2D eigenvalue weighted by atomic mass is 10.2. The van der Waals surface area contributed by atoms with Crippen LogP contribution in [0.1, 0.15) is 32.1 Å². The minimum atomic E-state index is 0.455. The van der Waals surface area contributed by atoms with Crippen molar-refractivity contribution in [3.05, 3.63) is 0 Å². The second-order valence-corrected chi connectivity index (χ2v) is 4.68. The smallest absolute Gasteiger partial charge is 0.0700 e. The van der Waals surface area contributed by atoms with Gasteiger partial charge in [-0.3, -0.25) is 0 Å². The van der Waals surface area contributed by atoms with E-state index in [1.165, 1.54) is 32.1 Å². The predicted molar refractivity (Wildman–Crippen MR) is 60.0 cm³/mol. The third-order valence-corrected chi connectivity index (χ3v) is 3.19. The molecule has 0 bridgehead atoms. The Morgan fingerprint density at radius 1 is 1.20 bits per heavy atom. The van der Waals surface area contributed by atoms with Crippen molar-refractivity contribution in [1.82, 2.24) is 5.32 Å². The Labute approximate surface area is 92.5 Å². The van der Waals surface area contributed by atoms with Gasteiger partial charge in [0.15, 0.2) is 0 Å². The zero-order valence-electron chi connectivity index (χ0n) is 9.54. The van der Waals surface area contributed by atoms with Crippen LogP contribution in [-0.4, -0.2) is 39.0 Å². The lowest BCUT2D eigenvalue weighted by Crippen LogP contribution is -2.29. The predicted octanol–water partition coefficient (Wildman–Crippen LogP) is 1.57. The van der Waals surface area contributed by atoms with E-state index in [-0.39, 0.29) is 0 Å². The summed E-state index contributed by atoms with van der Waals surface area (Å²) in [6.45, 7) is 4.70. The van der Waals surface area contributed by atoms with E-state index in [1.807, 2.05) is 0 Å². The summed E-state index contributed by atoms with van der Waals surface area (Å²) in [6, 6.07) is 0. The number of hydrogen-bond acceptors (Lipinski definition) is 3. The Hall–Kier alpha value is -0.120. The van der Waals surface area contributed by atoms with Crippen LogP contribution in [-0.2, 0) is 9.47 Å². The fraction of sp³-hybridized carbons (Fsp3) is 1.00. The molecular weight excluding hydrogens is 190 g/mol. The zero-order valence-corrected chi connectivity index (χ0v) is 9.54. The van der Waals surface area contributed by atoms with Gasteiger partial charge in [0.25, 0.3) is 0 Å². The Kier molecular flexibility index (Phi) is 4.90. The summed E-state index contributed by atoms with van der Waals surface area (Å²) in [4.78, 5) is 0. The summed E-state index contributed by atoms with van der Waals surface area (Å²) in [5.74, 6) is 0.991. The molecular formula is C12H23NO2. The lowest BCUT2D eigenvalue weighted by molar-refractivity contribution is 0.101. The van der Waals surface area contributed by atoms with E-state index in [1.54, 1.807) is 0 Å². The van der Waals surface area contributed by atoms with E-state index in [0.29, 0.717) is 6.10 Å². The standard InChI is InChI=1S/C12H23NO2/c1-2-12(15-7-1)10-13-6-9-14-8-5-11-3-4-11/h11-13H,1-10H2. The van der Waals surface area contributed by atoms with Gasteiger partial charge in [0, 0.05) is 26.3 Å². The van der Waals surface area contributed by atoms with E-state index in [0.717, 1.165) is 38.8 Å². The minimum Gasteiger partial charge on any atom is -0.380 e. The number of hydrogen-bond donors (Lipinski definition) is 1. The van der Waals surface area contributed by atoms with Gasteiger partial charge in [0.05, 0.1) is 12.7 Å². The largest absolute Gasteiger partial charge is 0.380 e. The highest BCUT2D eigenvalue weighted by Crippen LogP contribution is 2.31. The molecule has 0 aromatic rings. The quantitative estimate of drug-likeness (QED) is 0.621. The molecule has 1 aliphatic heterocycles. The fourth-order valence-corrected chi connectivity index (χ4v) is 1.97. The zero-order chi connectivity index (χ0) is 10.3. The maximum absolute atomic E-state index is 5.55. The molecule has 0 radical (unpaired) electrons. The van der Waals surface area contributed by atoms with E-state index in [9.17, 15) is 0 Å². The Morgan fingerprint density at radius 2 is 2.13 bits per heavy atom. The summed E-state index contributed by atoms with van der Waals surface area (Å²) in [5.41, 5.74) is 0. The number of ether oxygens (including phenoxy) is 2. The molecule has 3 nitrogen and oxygen atoms in total. The second kappa shape index (κ2) is 6.46. The first kappa shape index (κ1) is 11.4. The van der Waals surface area contributed by atoms with Gasteiger partial charge in [-0.05, 0) is 25.2 Å². The van der Waals surface area contributed by atoms with Crippen LogP contribution in [0.4, 0.5) is 0 Å². The summed E-state index contributed by atoms with van der Waals surface area (Å²) in [6.07, 6.45) is 7.03. The van der Waals surface area contributed by atoms with Crippen LogP contribution in [0.2, 0.25) is 0 Å². The molecule has 0 spiro atoms. The van der Waals surface area contributed by atoms with E-state index in [4.69, 9.17) is 9.47 Å². The molecule has 15 heavy (non-hydrogen) atoms. The first-order chi connectivity index (χ1) is 7.45. The van der Waals surface area contributed by atoms with Crippen molar-refractivity contribution in [1.29, 1.82) is 0 Å². The first-order valence-electron chi connectivity index (χ1n) is 6.35. The maximum atomic E-state index is 5.55. The van der Waals surface area contributed by atoms with Crippen LogP contribution in [0, 0.1) is 5.92 Å². The topological polar surface area (TPSA) is 30.5 Å². The third kappa shape index (κ3) is 4.96. The van der Waals surface area contributed by atoms with Crippen LogP contribution in [0.25, 0.3) is 0 Å². The molecule has 3 heteroatoms.